The fraction of sp³-hybridized carbons (Fsp3) is 0.389. The third kappa shape index (κ3) is 4.54. The molecule has 1 aromatic carbocycles. The number of likely N-dealkylation sites (N-methyl/N-ethyl adjacent to an activating group) is 1. The number of nitrogens with zero attached hydrogens (tertiary/aromatic N) is 4. The summed E-state index contributed by atoms with van der Waals surface area (Å²) < 4.78 is 7.54. The molecule has 2 aromatic rings. The van der Waals surface area contributed by atoms with E-state index >= 15 is 0 Å². The van der Waals surface area contributed by atoms with Crippen LogP contribution in [0.25, 0.3) is 11.3 Å². The van der Waals surface area contributed by atoms with Gasteiger partial charge in [0.25, 0.3) is 0 Å². The lowest BCUT2D eigenvalue weighted by molar-refractivity contribution is 0.287. The molecule has 3 rings (SSSR count). The van der Waals surface area contributed by atoms with Gasteiger partial charge in [-0.25, -0.2) is 4.68 Å². The monoisotopic (exact) mass is 424 g/mol. The van der Waals surface area contributed by atoms with Crippen LogP contribution in [0, 0.1) is 0 Å². The topological polar surface area (TPSA) is 33.0 Å². The fourth-order valence-corrected chi connectivity index (χ4v) is 3.70. The summed E-state index contributed by atoms with van der Waals surface area (Å²) in [6, 6.07) is 8.21. The van der Waals surface area contributed by atoms with Crippen molar-refractivity contribution in [1.82, 2.24) is 9.58 Å². The average Bonchev–Trinajstić information content (AvgIpc) is 3.04. The number of benzene rings is 1. The zero-order valence-electron chi connectivity index (χ0n) is 14.7. The molecule has 1 aromatic heterocycles. The van der Waals surface area contributed by atoms with E-state index in [1.165, 1.54) is 11.3 Å². The Kier molecular flexibility index (Phi) is 7.28. The van der Waals surface area contributed by atoms with Crippen molar-refractivity contribution in [2.75, 3.05) is 51.9 Å². The molecule has 5 nitrogen and oxygen atoms in total. The summed E-state index contributed by atoms with van der Waals surface area (Å²) in [4.78, 5) is 8.06. The second-order valence-electron chi connectivity index (χ2n) is 5.83. The van der Waals surface area contributed by atoms with Gasteiger partial charge in [-0.3, -0.25) is 4.99 Å². The number of aromatic nitrogens is 1. The highest BCUT2D eigenvalue weighted by Crippen LogP contribution is 2.23. The van der Waals surface area contributed by atoms with Gasteiger partial charge in [-0.1, -0.05) is 6.08 Å². The quantitative estimate of drug-likeness (QED) is 0.691. The third-order valence-electron chi connectivity index (χ3n) is 4.19. The standard InChI is InChI=1S/C18H24N4OS.BrH/c1-4-9-19-18-22(21-12-10-20(2)11-13-21)17(14-24-18)15-5-7-16(23-3)8-6-15;/h4-8,14H,1,9-13H2,2-3H3;1H. The van der Waals surface area contributed by atoms with Gasteiger partial charge >= 0.3 is 0 Å². The largest absolute Gasteiger partial charge is 0.497 e. The normalized spacial score (nSPS) is 15.8. The molecule has 0 bridgehead atoms. The SMILES string of the molecule is Br.C=CCN=c1scc(-c2ccc(OC)cc2)n1N1CCN(C)CC1. The van der Waals surface area contributed by atoms with Crippen molar-refractivity contribution in [3.63, 3.8) is 0 Å². The van der Waals surface area contributed by atoms with E-state index in [-0.39, 0.29) is 17.0 Å². The maximum Gasteiger partial charge on any atom is 0.204 e. The number of hydrogen-bond donors (Lipinski definition) is 0. The zero-order valence-corrected chi connectivity index (χ0v) is 17.2. The minimum atomic E-state index is 0. The maximum absolute atomic E-state index is 5.27. The van der Waals surface area contributed by atoms with Crippen LogP contribution >= 0.6 is 28.3 Å². The van der Waals surface area contributed by atoms with Crippen LogP contribution in [0.15, 0.2) is 47.3 Å². The minimum Gasteiger partial charge on any atom is -0.497 e. The first-order valence-electron chi connectivity index (χ1n) is 8.13. The molecule has 0 radical (unpaired) electrons. The van der Waals surface area contributed by atoms with Crippen LogP contribution in [0.5, 0.6) is 5.75 Å². The molecule has 0 aliphatic carbocycles. The van der Waals surface area contributed by atoms with Gasteiger partial charge in [-0.2, -0.15) is 0 Å². The second-order valence-corrected chi connectivity index (χ2v) is 6.67. The molecular weight excluding hydrogens is 400 g/mol. The summed E-state index contributed by atoms with van der Waals surface area (Å²) >= 11 is 1.68. The van der Waals surface area contributed by atoms with Crippen LogP contribution in [0.3, 0.4) is 0 Å². The van der Waals surface area contributed by atoms with Gasteiger partial charge < -0.3 is 14.6 Å². The molecular formula is C18H25BrN4OS. The van der Waals surface area contributed by atoms with Crippen molar-refractivity contribution < 1.29 is 4.74 Å². The predicted octanol–water partition coefficient (Wildman–Crippen LogP) is 2.77. The van der Waals surface area contributed by atoms with Crippen LogP contribution in [-0.4, -0.2) is 56.5 Å². The predicted molar refractivity (Wildman–Crippen MR) is 111 cm³/mol. The molecule has 136 valence electrons. The molecule has 1 aliphatic heterocycles. The lowest BCUT2D eigenvalue weighted by Crippen LogP contribution is -2.52. The van der Waals surface area contributed by atoms with Crippen molar-refractivity contribution >= 4 is 28.3 Å². The van der Waals surface area contributed by atoms with Crippen molar-refractivity contribution in [1.29, 1.82) is 0 Å². The van der Waals surface area contributed by atoms with E-state index in [1.807, 2.05) is 18.2 Å². The van der Waals surface area contributed by atoms with Crippen LogP contribution in [0.1, 0.15) is 0 Å². The molecule has 2 heterocycles. The molecule has 0 atom stereocenters. The van der Waals surface area contributed by atoms with E-state index in [9.17, 15) is 0 Å². The molecule has 0 saturated carbocycles. The van der Waals surface area contributed by atoms with E-state index in [4.69, 9.17) is 4.74 Å². The van der Waals surface area contributed by atoms with E-state index in [0.29, 0.717) is 6.54 Å². The second kappa shape index (κ2) is 9.22. The first-order valence-corrected chi connectivity index (χ1v) is 9.01. The Bertz CT molecular complexity index is 745. The van der Waals surface area contributed by atoms with Gasteiger partial charge in [-0.15, -0.1) is 34.9 Å². The van der Waals surface area contributed by atoms with Crippen LogP contribution in [0.2, 0.25) is 0 Å². The Morgan fingerprint density at radius 2 is 1.88 bits per heavy atom. The van der Waals surface area contributed by atoms with Gasteiger partial charge in [0.2, 0.25) is 4.80 Å². The van der Waals surface area contributed by atoms with Crippen molar-refractivity contribution in [3.8, 4) is 17.0 Å². The van der Waals surface area contributed by atoms with E-state index in [0.717, 1.165) is 36.7 Å². The Morgan fingerprint density at radius 3 is 2.48 bits per heavy atom. The van der Waals surface area contributed by atoms with Gasteiger partial charge in [-0.05, 0) is 31.3 Å². The molecule has 0 unspecified atom stereocenters. The highest BCUT2D eigenvalue weighted by molar-refractivity contribution is 8.93. The molecule has 0 amide bonds. The number of ether oxygens (including phenoxy) is 1. The number of rotatable bonds is 5. The number of methoxy groups -OCH3 is 1. The lowest BCUT2D eigenvalue weighted by atomic mass is 10.2. The summed E-state index contributed by atoms with van der Waals surface area (Å²) in [6.07, 6.45) is 1.83. The van der Waals surface area contributed by atoms with Crippen molar-refractivity contribution in [3.05, 3.63) is 47.1 Å². The van der Waals surface area contributed by atoms with Crippen LogP contribution in [-0.2, 0) is 0 Å². The Hall–Kier alpha value is -1.57. The molecule has 0 N–H and O–H groups in total. The summed E-state index contributed by atoms with van der Waals surface area (Å²) in [7, 11) is 3.86. The molecule has 7 heteroatoms. The zero-order chi connectivity index (χ0) is 16.9. The summed E-state index contributed by atoms with van der Waals surface area (Å²) in [5, 5.41) is 4.57. The molecule has 1 aliphatic rings. The molecule has 0 spiro atoms. The Labute approximate surface area is 163 Å². The maximum atomic E-state index is 5.27. The third-order valence-corrected chi connectivity index (χ3v) is 5.04. The lowest BCUT2D eigenvalue weighted by Gasteiger charge is -2.35. The summed E-state index contributed by atoms with van der Waals surface area (Å²) in [5.74, 6) is 0.872. The van der Waals surface area contributed by atoms with Gasteiger partial charge in [0.05, 0.1) is 19.3 Å². The van der Waals surface area contributed by atoms with Crippen molar-refractivity contribution in [2.24, 2.45) is 4.99 Å². The highest BCUT2D eigenvalue weighted by Gasteiger charge is 2.19. The summed E-state index contributed by atoms with van der Waals surface area (Å²) in [6.45, 7) is 8.53. The number of halogens is 1. The average molecular weight is 425 g/mol. The number of thiazole rings is 1. The first-order chi connectivity index (χ1) is 11.7. The Morgan fingerprint density at radius 1 is 1.20 bits per heavy atom. The fourth-order valence-electron chi connectivity index (χ4n) is 2.78. The van der Waals surface area contributed by atoms with E-state index in [1.54, 1.807) is 18.4 Å². The van der Waals surface area contributed by atoms with E-state index in [2.05, 4.69) is 50.7 Å². The van der Waals surface area contributed by atoms with Gasteiger partial charge in [0.1, 0.15) is 5.75 Å². The van der Waals surface area contributed by atoms with Gasteiger partial charge in [0, 0.05) is 37.1 Å². The van der Waals surface area contributed by atoms with Crippen molar-refractivity contribution in [2.45, 2.75) is 0 Å². The first kappa shape index (κ1) is 19.8. The van der Waals surface area contributed by atoms with E-state index < -0.39 is 0 Å². The van der Waals surface area contributed by atoms with Crippen LogP contribution < -0.4 is 14.5 Å². The molecule has 1 saturated heterocycles. The Balaban J connectivity index is 0.00000225. The highest BCUT2D eigenvalue weighted by atomic mass is 79.9. The number of hydrogen-bond acceptors (Lipinski definition) is 5. The number of piperazine rings is 1. The molecule has 25 heavy (non-hydrogen) atoms. The molecule has 1 fully saturated rings. The minimum absolute atomic E-state index is 0. The summed E-state index contributed by atoms with van der Waals surface area (Å²) in [5.41, 5.74) is 2.35. The van der Waals surface area contributed by atoms with Gasteiger partial charge in [0.15, 0.2) is 0 Å². The smallest absolute Gasteiger partial charge is 0.204 e. The van der Waals surface area contributed by atoms with Crippen LogP contribution in [0.4, 0.5) is 0 Å².